The fourth-order valence-electron chi connectivity index (χ4n) is 2.89. The second kappa shape index (κ2) is 5.61. The minimum Gasteiger partial charge on any atom is -0.465 e. The third kappa shape index (κ3) is 3.24. The normalized spacial score (nSPS) is 24.5. The van der Waals surface area contributed by atoms with Crippen LogP contribution in [-0.2, 0) is 11.3 Å². The van der Waals surface area contributed by atoms with E-state index in [9.17, 15) is 0 Å². The van der Waals surface area contributed by atoms with Crippen LogP contribution < -0.4 is 4.74 Å². The molecule has 0 saturated carbocycles. The molecule has 0 fully saturated rings. The predicted molar refractivity (Wildman–Crippen MR) is 80.6 cm³/mol. The Hall–Kier alpha value is -1.28. The fraction of sp³-hybridized carbons (Fsp3) is 0.556. The van der Waals surface area contributed by atoms with Crippen molar-refractivity contribution in [3.05, 3.63) is 41.5 Å². The minimum atomic E-state index is -0.0827. The number of fused-ring (bicyclic) bond motifs is 1. The molecule has 1 aromatic carbocycles. The Bertz CT molecular complexity index is 502. The van der Waals surface area contributed by atoms with Gasteiger partial charge < -0.3 is 9.47 Å². The monoisotopic (exact) mass is 272 g/mol. The molecule has 2 nitrogen and oxygen atoms in total. The maximum absolute atomic E-state index is 5.91. The minimum absolute atomic E-state index is 0.0827. The van der Waals surface area contributed by atoms with Gasteiger partial charge in [-0.2, -0.15) is 0 Å². The van der Waals surface area contributed by atoms with Crippen LogP contribution in [0.4, 0.5) is 0 Å². The van der Waals surface area contributed by atoms with Crippen molar-refractivity contribution in [1.29, 1.82) is 0 Å². The van der Waals surface area contributed by atoms with E-state index < -0.39 is 0 Å². The van der Waals surface area contributed by atoms with E-state index >= 15 is 0 Å². The molecule has 0 spiro atoms. The highest BCUT2D eigenvalue weighted by atomic mass is 16.7. The summed E-state index contributed by atoms with van der Waals surface area (Å²) in [6, 6.07) is 8.15. The molecule has 1 aliphatic carbocycles. The highest BCUT2D eigenvalue weighted by molar-refractivity contribution is 5.33. The van der Waals surface area contributed by atoms with Crippen LogP contribution in [0.1, 0.15) is 51.5 Å². The molecule has 0 aromatic heterocycles. The number of rotatable bonds is 3. The summed E-state index contributed by atoms with van der Waals surface area (Å²) in [6.07, 6.45) is 8.15. The van der Waals surface area contributed by atoms with Crippen LogP contribution in [0.5, 0.6) is 5.75 Å². The number of para-hydroxylation sites is 1. The second-order valence-electron chi connectivity index (χ2n) is 6.74. The van der Waals surface area contributed by atoms with Crippen molar-refractivity contribution in [3.63, 3.8) is 0 Å². The highest BCUT2D eigenvalue weighted by Gasteiger charge is 2.23. The molecule has 0 amide bonds. The van der Waals surface area contributed by atoms with E-state index in [0.717, 1.165) is 24.2 Å². The van der Waals surface area contributed by atoms with E-state index in [0.29, 0.717) is 12.0 Å². The topological polar surface area (TPSA) is 18.5 Å². The first-order chi connectivity index (χ1) is 9.62. The van der Waals surface area contributed by atoms with E-state index in [4.69, 9.17) is 9.47 Å². The first-order valence-corrected chi connectivity index (χ1v) is 7.66. The summed E-state index contributed by atoms with van der Waals surface area (Å²) in [6.45, 7) is 5.38. The Labute approximate surface area is 121 Å². The molecule has 2 aliphatic rings. The molecule has 1 atom stereocenters. The summed E-state index contributed by atoms with van der Waals surface area (Å²) in [4.78, 5) is 0. The van der Waals surface area contributed by atoms with E-state index in [-0.39, 0.29) is 6.29 Å². The number of ether oxygens (including phenoxy) is 2. The Morgan fingerprint density at radius 1 is 1.25 bits per heavy atom. The molecule has 1 aromatic rings. The van der Waals surface area contributed by atoms with Gasteiger partial charge in [0.25, 0.3) is 0 Å². The summed E-state index contributed by atoms with van der Waals surface area (Å²) < 4.78 is 11.7. The molecule has 0 bridgehead atoms. The second-order valence-corrected chi connectivity index (χ2v) is 6.74. The van der Waals surface area contributed by atoms with Crippen LogP contribution in [0.3, 0.4) is 0 Å². The fourth-order valence-corrected chi connectivity index (χ4v) is 2.89. The van der Waals surface area contributed by atoms with Gasteiger partial charge in [-0.05, 0) is 37.2 Å². The Balaban J connectivity index is 1.52. The van der Waals surface area contributed by atoms with E-state index in [2.05, 4.69) is 26.0 Å². The van der Waals surface area contributed by atoms with Crippen LogP contribution >= 0.6 is 0 Å². The molecule has 2 heteroatoms. The van der Waals surface area contributed by atoms with Crippen LogP contribution in [-0.4, -0.2) is 6.29 Å². The number of benzene rings is 1. The lowest BCUT2D eigenvalue weighted by atomic mass is 9.77. The molecular weight excluding hydrogens is 248 g/mol. The quantitative estimate of drug-likeness (QED) is 0.733. The van der Waals surface area contributed by atoms with E-state index in [1.165, 1.54) is 19.3 Å². The van der Waals surface area contributed by atoms with Gasteiger partial charge in [-0.1, -0.05) is 43.7 Å². The predicted octanol–water partition coefficient (Wildman–Crippen LogP) is 4.84. The summed E-state index contributed by atoms with van der Waals surface area (Å²) in [5, 5.41) is 0. The highest BCUT2D eigenvalue weighted by Crippen LogP contribution is 2.36. The van der Waals surface area contributed by atoms with Crippen LogP contribution in [0.2, 0.25) is 0 Å². The zero-order valence-electron chi connectivity index (χ0n) is 12.5. The maximum Gasteiger partial charge on any atom is 0.200 e. The zero-order chi connectivity index (χ0) is 14.0. The van der Waals surface area contributed by atoms with Crippen LogP contribution in [0.25, 0.3) is 0 Å². The van der Waals surface area contributed by atoms with Gasteiger partial charge in [0, 0.05) is 12.0 Å². The van der Waals surface area contributed by atoms with E-state index in [1.807, 2.05) is 18.2 Å². The van der Waals surface area contributed by atoms with E-state index in [1.54, 1.807) is 5.57 Å². The summed E-state index contributed by atoms with van der Waals surface area (Å²) in [5.74, 6) is 0.988. The number of allylic oxidation sites excluding steroid dienone is 2. The lowest BCUT2D eigenvalue weighted by Gasteiger charge is -2.30. The van der Waals surface area contributed by atoms with Gasteiger partial charge in [-0.15, -0.1) is 0 Å². The molecule has 0 N–H and O–H groups in total. The van der Waals surface area contributed by atoms with Crippen molar-refractivity contribution in [2.24, 2.45) is 5.41 Å². The van der Waals surface area contributed by atoms with Crippen molar-refractivity contribution in [3.8, 4) is 5.75 Å². The molecule has 3 rings (SSSR count). The van der Waals surface area contributed by atoms with Gasteiger partial charge >= 0.3 is 0 Å². The van der Waals surface area contributed by atoms with Gasteiger partial charge in [0.15, 0.2) is 6.29 Å². The third-order valence-electron chi connectivity index (χ3n) is 4.42. The zero-order valence-corrected chi connectivity index (χ0v) is 12.5. The van der Waals surface area contributed by atoms with Crippen LogP contribution in [0, 0.1) is 5.41 Å². The molecule has 1 aliphatic heterocycles. The summed E-state index contributed by atoms with van der Waals surface area (Å²) in [7, 11) is 0. The SMILES string of the molecule is CC1(C)CC=C(CCC2OCc3ccccc3O2)CC1. The lowest BCUT2D eigenvalue weighted by Crippen LogP contribution is -2.25. The van der Waals surface area contributed by atoms with Crippen LogP contribution in [0.15, 0.2) is 35.9 Å². The number of hydrogen-bond donors (Lipinski definition) is 0. The maximum atomic E-state index is 5.91. The Morgan fingerprint density at radius 2 is 2.10 bits per heavy atom. The molecule has 0 radical (unpaired) electrons. The molecular formula is C18H24O2. The Morgan fingerprint density at radius 3 is 2.90 bits per heavy atom. The standard InChI is InChI=1S/C18H24O2/c1-18(2)11-9-14(10-12-18)7-8-17-19-13-15-5-3-4-6-16(15)20-17/h3-6,9,17H,7-8,10-13H2,1-2H3. The largest absolute Gasteiger partial charge is 0.465 e. The first kappa shape index (κ1) is 13.7. The van der Waals surface area contributed by atoms with Gasteiger partial charge in [0.2, 0.25) is 0 Å². The van der Waals surface area contributed by atoms with Crippen molar-refractivity contribution >= 4 is 0 Å². The molecule has 20 heavy (non-hydrogen) atoms. The van der Waals surface area contributed by atoms with Crippen molar-refractivity contribution < 1.29 is 9.47 Å². The molecule has 0 saturated heterocycles. The lowest BCUT2D eigenvalue weighted by molar-refractivity contribution is -0.111. The number of hydrogen-bond acceptors (Lipinski definition) is 2. The first-order valence-electron chi connectivity index (χ1n) is 7.66. The average molecular weight is 272 g/mol. The summed E-state index contributed by atoms with van der Waals surface area (Å²) >= 11 is 0. The van der Waals surface area contributed by atoms with Gasteiger partial charge in [0.1, 0.15) is 5.75 Å². The van der Waals surface area contributed by atoms with Gasteiger partial charge in [-0.25, -0.2) is 0 Å². The van der Waals surface area contributed by atoms with Crippen molar-refractivity contribution in [2.75, 3.05) is 0 Å². The molecule has 1 unspecified atom stereocenters. The summed E-state index contributed by atoms with van der Waals surface area (Å²) in [5.41, 5.74) is 3.22. The third-order valence-corrected chi connectivity index (χ3v) is 4.42. The smallest absolute Gasteiger partial charge is 0.200 e. The van der Waals surface area contributed by atoms with Crippen molar-refractivity contribution in [2.45, 2.75) is 58.8 Å². The Kier molecular flexibility index (Phi) is 3.84. The van der Waals surface area contributed by atoms with Crippen molar-refractivity contribution in [1.82, 2.24) is 0 Å². The van der Waals surface area contributed by atoms with Gasteiger partial charge in [-0.3, -0.25) is 0 Å². The van der Waals surface area contributed by atoms with Gasteiger partial charge in [0.05, 0.1) is 6.61 Å². The average Bonchev–Trinajstić information content (AvgIpc) is 2.46. The molecule has 108 valence electrons. The molecule has 1 heterocycles.